The normalized spacial score (nSPS) is 21.3. The molecule has 1 heterocycles. The maximum absolute atomic E-state index is 10.7. The minimum Gasteiger partial charge on any atom is -0.481 e. The summed E-state index contributed by atoms with van der Waals surface area (Å²) in [6.07, 6.45) is 2.02. The molecular formula is C9H17NO3. The van der Waals surface area contributed by atoms with Crippen LogP contribution in [0.15, 0.2) is 0 Å². The van der Waals surface area contributed by atoms with Crippen LogP contribution < -0.4 is 5.32 Å². The van der Waals surface area contributed by atoms with E-state index in [1.165, 1.54) is 0 Å². The molecule has 1 aliphatic rings. The molecule has 0 aromatic carbocycles. The van der Waals surface area contributed by atoms with Gasteiger partial charge in [-0.25, -0.2) is 0 Å². The summed E-state index contributed by atoms with van der Waals surface area (Å²) in [6.45, 7) is 2.36. The van der Waals surface area contributed by atoms with Crippen molar-refractivity contribution in [2.24, 2.45) is 5.41 Å². The zero-order valence-corrected chi connectivity index (χ0v) is 8.01. The van der Waals surface area contributed by atoms with Gasteiger partial charge < -0.3 is 15.2 Å². The summed E-state index contributed by atoms with van der Waals surface area (Å²) < 4.78 is 5.09. The molecule has 13 heavy (non-hydrogen) atoms. The van der Waals surface area contributed by atoms with Gasteiger partial charge in [-0.05, 0) is 25.9 Å². The van der Waals surface area contributed by atoms with E-state index in [4.69, 9.17) is 9.84 Å². The van der Waals surface area contributed by atoms with Crippen molar-refractivity contribution in [2.45, 2.75) is 19.3 Å². The van der Waals surface area contributed by atoms with Crippen LogP contribution in [0.4, 0.5) is 0 Å². The zero-order valence-electron chi connectivity index (χ0n) is 8.01. The fourth-order valence-corrected chi connectivity index (χ4v) is 1.96. The van der Waals surface area contributed by atoms with Gasteiger partial charge in [0.05, 0.1) is 13.0 Å². The summed E-state index contributed by atoms with van der Waals surface area (Å²) >= 11 is 0. The summed E-state index contributed by atoms with van der Waals surface area (Å²) in [6, 6.07) is 0. The number of nitrogens with one attached hydrogen (secondary N) is 1. The molecule has 1 aliphatic heterocycles. The predicted molar refractivity (Wildman–Crippen MR) is 48.7 cm³/mol. The van der Waals surface area contributed by atoms with Gasteiger partial charge in [-0.15, -0.1) is 0 Å². The Morgan fingerprint density at radius 3 is 2.62 bits per heavy atom. The number of ether oxygens (including phenoxy) is 1. The van der Waals surface area contributed by atoms with Gasteiger partial charge in [-0.3, -0.25) is 4.79 Å². The number of methoxy groups -OCH3 is 1. The van der Waals surface area contributed by atoms with Crippen LogP contribution in [0, 0.1) is 5.41 Å². The maximum Gasteiger partial charge on any atom is 0.303 e. The van der Waals surface area contributed by atoms with E-state index in [1.807, 2.05) is 0 Å². The average Bonchev–Trinajstić information content (AvgIpc) is 2.04. The molecule has 0 aromatic rings. The smallest absolute Gasteiger partial charge is 0.303 e. The minimum absolute atomic E-state index is 0.133. The Hall–Kier alpha value is -0.610. The number of aliphatic carboxylic acids is 1. The molecular weight excluding hydrogens is 170 g/mol. The number of carboxylic acid groups (broad SMARTS) is 1. The van der Waals surface area contributed by atoms with Crippen LogP contribution in [0.5, 0.6) is 0 Å². The molecule has 0 bridgehead atoms. The van der Waals surface area contributed by atoms with Gasteiger partial charge in [0.1, 0.15) is 0 Å². The minimum atomic E-state index is -0.723. The van der Waals surface area contributed by atoms with Crippen molar-refractivity contribution < 1.29 is 14.6 Å². The molecule has 76 valence electrons. The van der Waals surface area contributed by atoms with Crippen LogP contribution in [0.2, 0.25) is 0 Å². The van der Waals surface area contributed by atoms with Crippen LogP contribution in [0.3, 0.4) is 0 Å². The SMILES string of the molecule is COCC1(CC(=O)O)CCNCC1. The Labute approximate surface area is 78.3 Å². The number of piperidine rings is 1. The van der Waals surface area contributed by atoms with Crippen molar-refractivity contribution in [2.75, 3.05) is 26.8 Å². The van der Waals surface area contributed by atoms with Crippen molar-refractivity contribution in [1.82, 2.24) is 5.32 Å². The third-order valence-corrected chi connectivity index (χ3v) is 2.64. The van der Waals surface area contributed by atoms with Gasteiger partial charge >= 0.3 is 5.97 Å². The maximum atomic E-state index is 10.7. The Morgan fingerprint density at radius 2 is 2.15 bits per heavy atom. The average molecular weight is 187 g/mol. The van der Waals surface area contributed by atoms with E-state index in [0.29, 0.717) is 6.61 Å². The van der Waals surface area contributed by atoms with Gasteiger partial charge in [0.2, 0.25) is 0 Å². The lowest BCUT2D eigenvalue weighted by atomic mass is 9.77. The van der Waals surface area contributed by atoms with Crippen molar-refractivity contribution in [3.63, 3.8) is 0 Å². The summed E-state index contributed by atoms with van der Waals surface area (Å²) in [7, 11) is 1.63. The topological polar surface area (TPSA) is 58.6 Å². The lowest BCUT2D eigenvalue weighted by Crippen LogP contribution is -2.41. The summed E-state index contributed by atoms with van der Waals surface area (Å²) in [5.74, 6) is -0.723. The third-order valence-electron chi connectivity index (χ3n) is 2.64. The second-order valence-electron chi connectivity index (χ2n) is 3.75. The largest absolute Gasteiger partial charge is 0.481 e. The van der Waals surface area contributed by atoms with E-state index in [9.17, 15) is 4.79 Å². The molecule has 0 radical (unpaired) electrons. The van der Waals surface area contributed by atoms with E-state index in [2.05, 4.69) is 5.32 Å². The highest BCUT2D eigenvalue weighted by atomic mass is 16.5. The Morgan fingerprint density at radius 1 is 1.54 bits per heavy atom. The summed E-state index contributed by atoms with van der Waals surface area (Å²) in [5.41, 5.74) is -0.133. The van der Waals surface area contributed by atoms with Gasteiger partial charge in [0, 0.05) is 12.5 Å². The standard InChI is InChI=1S/C9H17NO3/c1-13-7-9(6-8(11)12)2-4-10-5-3-9/h10H,2-7H2,1H3,(H,11,12). The van der Waals surface area contributed by atoms with Gasteiger partial charge in [-0.1, -0.05) is 0 Å². The molecule has 4 nitrogen and oxygen atoms in total. The van der Waals surface area contributed by atoms with E-state index in [0.717, 1.165) is 25.9 Å². The Kier molecular flexibility index (Phi) is 3.69. The number of rotatable bonds is 4. The molecule has 2 N–H and O–H groups in total. The van der Waals surface area contributed by atoms with Crippen molar-refractivity contribution >= 4 is 5.97 Å². The molecule has 0 atom stereocenters. The molecule has 0 aromatic heterocycles. The van der Waals surface area contributed by atoms with Crippen LogP contribution in [-0.4, -0.2) is 37.9 Å². The second-order valence-corrected chi connectivity index (χ2v) is 3.75. The quantitative estimate of drug-likeness (QED) is 0.672. The number of hydrogen-bond donors (Lipinski definition) is 2. The van der Waals surface area contributed by atoms with Crippen LogP contribution >= 0.6 is 0 Å². The van der Waals surface area contributed by atoms with Crippen LogP contribution in [-0.2, 0) is 9.53 Å². The lowest BCUT2D eigenvalue weighted by molar-refractivity contribution is -0.141. The molecule has 1 saturated heterocycles. The van der Waals surface area contributed by atoms with Crippen molar-refractivity contribution in [1.29, 1.82) is 0 Å². The highest BCUT2D eigenvalue weighted by Gasteiger charge is 2.34. The van der Waals surface area contributed by atoms with Gasteiger partial charge in [-0.2, -0.15) is 0 Å². The summed E-state index contributed by atoms with van der Waals surface area (Å²) in [5, 5.41) is 12.0. The van der Waals surface area contributed by atoms with E-state index in [-0.39, 0.29) is 11.8 Å². The molecule has 1 rings (SSSR count). The first-order valence-corrected chi connectivity index (χ1v) is 4.60. The number of carbonyl (C=O) groups is 1. The monoisotopic (exact) mass is 187 g/mol. The van der Waals surface area contributed by atoms with Gasteiger partial charge in [0.25, 0.3) is 0 Å². The van der Waals surface area contributed by atoms with E-state index in [1.54, 1.807) is 7.11 Å². The molecule has 1 fully saturated rings. The van der Waals surface area contributed by atoms with Crippen molar-refractivity contribution in [3.05, 3.63) is 0 Å². The van der Waals surface area contributed by atoms with Crippen LogP contribution in [0.25, 0.3) is 0 Å². The Bertz CT molecular complexity index is 170. The van der Waals surface area contributed by atoms with Crippen molar-refractivity contribution in [3.8, 4) is 0 Å². The molecule has 0 aliphatic carbocycles. The highest BCUT2D eigenvalue weighted by molar-refractivity contribution is 5.67. The molecule has 0 spiro atoms. The molecule has 4 heteroatoms. The number of hydrogen-bond acceptors (Lipinski definition) is 3. The predicted octanol–water partition coefficient (Wildman–Crippen LogP) is 0.477. The molecule has 0 unspecified atom stereocenters. The summed E-state index contributed by atoms with van der Waals surface area (Å²) in [4.78, 5) is 10.7. The first kappa shape index (κ1) is 10.5. The van der Waals surface area contributed by atoms with Gasteiger partial charge in [0.15, 0.2) is 0 Å². The van der Waals surface area contributed by atoms with Crippen LogP contribution in [0.1, 0.15) is 19.3 Å². The van der Waals surface area contributed by atoms with E-state index < -0.39 is 5.97 Å². The molecule has 0 amide bonds. The first-order chi connectivity index (χ1) is 6.18. The zero-order chi connectivity index (χ0) is 9.73. The van der Waals surface area contributed by atoms with E-state index >= 15 is 0 Å². The fraction of sp³-hybridized carbons (Fsp3) is 0.889. The number of carboxylic acids is 1. The lowest BCUT2D eigenvalue weighted by Gasteiger charge is -2.35. The third kappa shape index (κ3) is 2.97. The highest BCUT2D eigenvalue weighted by Crippen LogP contribution is 2.32. The Balaban J connectivity index is 2.55. The first-order valence-electron chi connectivity index (χ1n) is 4.60. The molecule has 0 saturated carbocycles. The second kappa shape index (κ2) is 4.58. The fourth-order valence-electron chi connectivity index (χ4n) is 1.96.